The number of hydrogen-bond donors (Lipinski definition) is 1. The molecule has 0 aliphatic carbocycles. The van der Waals surface area contributed by atoms with E-state index in [1.165, 1.54) is 10.9 Å². The Hall–Kier alpha value is -3.14. The molecule has 10 heteroatoms. The van der Waals surface area contributed by atoms with Crippen molar-refractivity contribution in [3.8, 4) is 28.6 Å². The van der Waals surface area contributed by atoms with E-state index in [9.17, 15) is 5.11 Å². The molecule has 0 amide bonds. The molecule has 3 aromatic rings. The van der Waals surface area contributed by atoms with Gasteiger partial charge in [0.1, 0.15) is 11.9 Å². The highest BCUT2D eigenvalue weighted by atomic mass is 19.1. The molecule has 0 saturated carbocycles. The van der Waals surface area contributed by atoms with Gasteiger partial charge < -0.3 is 9.84 Å². The van der Waals surface area contributed by atoms with Crippen LogP contribution in [0.25, 0.3) is 16.9 Å². The van der Waals surface area contributed by atoms with Gasteiger partial charge in [0.15, 0.2) is 12.0 Å². The Kier molecular flexibility index (Phi) is 5.04. The Balaban J connectivity index is 1.32. The molecule has 168 valence electrons. The summed E-state index contributed by atoms with van der Waals surface area (Å²) in [7, 11) is 2.01. The van der Waals surface area contributed by atoms with Gasteiger partial charge >= 0.3 is 0 Å². The lowest BCUT2D eigenvalue weighted by Crippen LogP contribution is -2.65. The average Bonchev–Trinajstić information content (AvgIpc) is 3.21. The van der Waals surface area contributed by atoms with Crippen molar-refractivity contribution in [2.24, 2.45) is 0 Å². The zero-order chi connectivity index (χ0) is 22.5. The van der Waals surface area contributed by atoms with Crippen LogP contribution in [-0.2, 0) is 0 Å². The van der Waals surface area contributed by atoms with Crippen LogP contribution in [0.4, 0.5) is 4.39 Å². The number of phenols is 1. The van der Waals surface area contributed by atoms with E-state index in [2.05, 4.69) is 37.4 Å². The highest BCUT2D eigenvalue weighted by molar-refractivity contribution is 5.68. The van der Waals surface area contributed by atoms with Gasteiger partial charge in [0, 0.05) is 35.7 Å². The molecule has 4 atom stereocenters. The summed E-state index contributed by atoms with van der Waals surface area (Å²) in [6.07, 6.45) is 1.92. The van der Waals surface area contributed by atoms with Crippen molar-refractivity contribution in [1.82, 2.24) is 35.3 Å². The molecule has 0 spiro atoms. The van der Waals surface area contributed by atoms with E-state index in [-0.39, 0.29) is 23.2 Å². The lowest BCUT2D eigenvalue weighted by atomic mass is 9.74. The molecule has 32 heavy (non-hydrogen) atoms. The van der Waals surface area contributed by atoms with Crippen molar-refractivity contribution in [3.63, 3.8) is 0 Å². The third-order valence-electron chi connectivity index (χ3n) is 6.84. The molecule has 9 nitrogen and oxygen atoms in total. The van der Waals surface area contributed by atoms with Crippen LogP contribution in [0, 0.1) is 6.92 Å². The monoisotopic (exact) mass is 439 g/mol. The maximum Gasteiger partial charge on any atom is 0.233 e. The van der Waals surface area contributed by atoms with Crippen molar-refractivity contribution < 1.29 is 14.2 Å². The van der Waals surface area contributed by atoms with Crippen molar-refractivity contribution in [3.05, 3.63) is 36.2 Å². The van der Waals surface area contributed by atoms with Crippen LogP contribution in [0.1, 0.15) is 38.4 Å². The first-order valence-electron chi connectivity index (χ1n) is 10.8. The number of piperidine rings is 2. The number of hydrogen-bond acceptors (Lipinski definition) is 8. The molecule has 5 rings (SSSR count). The number of ether oxygens (including phenoxy) is 1. The van der Waals surface area contributed by atoms with Gasteiger partial charge in [-0.25, -0.2) is 4.39 Å². The number of tetrazole rings is 1. The van der Waals surface area contributed by atoms with Crippen LogP contribution in [0.3, 0.4) is 0 Å². The van der Waals surface area contributed by atoms with Gasteiger partial charge in [-0.1, -0.05) is 0 Å². The van der Waals surface area contributed by atoms with Gasteiger partial charge in [-0.15, -0.1) is 25.2 Å². The van der Waals surface area contributed by atoms with Crippen LogP contribution in [0.5, 0.6) is 11.6 Å². The summed E-state index contributed by atoms with van der Waals surface area (Å²) in [4.78, 5) is 3.52. The Morgan fingerprint density at radius 2 is 2.03 bits per heavy atom. The van der Waals surface area contributed by atoms with Gasteiger partial charge in [0.05, 0.1) is 11.4 Å². The predicted octanol–water partition coefficient (Wildman–Crippen LogP) is 2.87. The molecule has 2 fully saturated rings. The van der Waals surface area contributed by atoms with E-state index in [0.29, 0.717) is 29.2 Å². The van der Waals surface area contributed by atoms with E-state index < -0.39 is 12.3 Å². The normalized spacial score (nSPS) is 27.9. The lowest BCUT2D eigenvalue weighted by Gasteiger charge is -2.54. The van der Waals surface area contributed by atoms with E-state index in [4.69, 9.17) is 4.74 Å². The minimum Gasteiger partial charge on any atom is -0.507 e. The number of aromatic hydroxyl groups is 1. The van der Waals surface area contributed by atoms with Crippen LogP contribution in [-0.4, -0.2) is 71.3 Å². The molecule has 0 unspecified atom stereocenters. The summed E-state index contributed by atoms with van der Waals surface area (Å²) in [5.41, 5.74) is 1.51. The van der Waals surface area contributed by atoms with E-state index in [0.717, 1.165) is 19.3 Å². The topological polar surface area (TPSA) is 102 Å². The fourth-order valence-corrected chi connectivity index (χ4v) is 4.92. The first-order chi connectivity index (χ1) is 15.3. The standard InChI is InChI=1S/C22H26FN7O2/c1-13-24-28-30(27-13)14-6-7-15(18(31)11-14)16-8-9-20(26-25-16)32-19-12-22(2)10-4-5-17(21(19)23)29(22)3/h6-9,11,17,19,21,31H,4-5,10,12H2,1-3H3/t17-,19+,21+,22+/m0/s1. The van der Waals surface area contributed by atoms with E-state index in [1.807, 2.05) is 7.05 Å². The number of phenolic OH excluding ortho intramolecular Hbond substituents is 1. The van der Waals surface area contributed by atoms with Crippen molar-refractivity contribution in [1.29, 1.82) is 0 Å². The number of alkyl halides is 1. The Labute approximate surface area is 185 Å². The van der Waals surface area contributed by atoms with E-state index >= 15 is 4.39 Å². The zero-order valence-electron chi connectivity index (χ0n) is 18.3. The van der Waals surface area contributed by atoms with Gasteiger partial charge in [0.25, 0.3) is 0 Å². The minimum absolute atomic E-state index is 0.0142. The van der Waals surface area contributed by atoms with Crippen molar-refractivity contribution >= 4 is 0 Å². The number of rotatable bonds is 4. The molecular weight excluding hydrogens is 413 g/mol. The van der Waals surface area contributed by atoms with Crippen LogP contribution in [0.2, 0.25) is 0 Å². The summed E-state index contributed by atoms with van der Waals surface area (Å²) < 4.78 is 21.1. The average molecular weight is 439 g/mol. The number of benzene rings is 1. The van der Waals surface area contributed by atoms with Gasteiger partial charge in [-0.2, -0.15) is 0 Å². The molecule has 2 aliphatic heterocycles. The van der Waals surface area contributed by atoms with E-state index in [1.54, 1.807) is 31.2 Å². The highest BCUT2D eigenvalue weighted by Gasteiger charge is 2.51. The number of nitrogens with zero attached hydrogens (tertiary/aromatic N) is 7. The Morgan fingerprint density at radius 3 is 2.72 bits per heavy atom. The summed E-state index contributed by atoms with van der Waals surface area (Å²) in [6, 6.07) is 8.26. The molecule has 2 aliphatic rings. The number of aromatic nitrogens is 6. The number of halogens is 1. The fourth-order valence-electron chi connectivity index (χ4n) is 4.92. The quantitative estimate of drug-likeness (QED) is 0.662. The molecule has 1 aromatic carbocycles. The zero-order valence-corrected chi connectivity index (χ0v) is 18.3. The maximum absolute atomic E-state index is 15.1. The van der Waals surface area contributed by atoms with Crippen LogP contribution < -0.4 is 4.74 Å². The van der Waals surface area contributed by atoms with Crippen LogP contribution in [0.15, 0.2) is 30.3 Å². The summed E-state index contributed by atoms with van der Waals surface area (Å²) >= 11 is 0. The first kappa shape index (κ1) is 20.7. The second-order valence-electron chi connectivity index (χ2n) is 8.96. The van der Waals surface area contributed by atoms with Gasteiger partial charge in [-0.05, 0) is 63.6 Å². The lowest BCUT2D eigenvalue weighted by molar-refractivity contribution is -0.105. The number of fused-ring (bicyclic) bond motifs is 2. The largest absolute Gasteiger partial charge is 0.507 e. The predicted molar refractivity (Wildman–Crippen MR) is 114 cm³/mol. The summed E-state index contributed by atoms with van der Waals surface area (Å²) in [5.74, 6) is 0.833. The molecular formula is C22H26FN7O2. The Bertz CT molecular complexity index is 1120. The number of aryl methyl sites for hydroxylation is 1. The fraction of sp³-hybridized carbons (Fsp3) is 0.500. The summed E-state index contributed by atoms with van der Waals surface area (Å²) in [6.45, 7) is 3.92. The molecule has 2 bridgehead atoms. The third kappa shape index (κ3) is 3.58. The molecule has 2 aromatic heterocycles. The maximum atomic E-state index is 15.1. The van der Waals surface area contributed by atoms with Crippen molar-refractivity contribution in [2.75, 3.05) is 7.05 Å². The second kappa shape index (κ2) is 7.77. The first-order valence-corrected chi connectivity index (χ1v) is 10.8. The smallest absolute Gasteiger partial charge is 0.233 e. The van der Waals surface area contributed by atoms with Crippen molar-refractivity contribution in [2.45, 2.75) is 63.4 Å². The van der Waals surface area contributed by atoms with Gasteiger partial charge in [-0.3, -0.25) is 4.90 Å². The Morgan fingerprint density at radius 1 is 1.19 bits per heavy atom. The minimum atomic E-state index is -1.07. The third-order valence-corrected chi connectivity index (χ3v) is 6.84. The van der Waals surface area contributed by atoms with Crippen LogP contribution >= 0.6 is 0 Å². The van der Waals surface area contributed by atoms with Gasteiger partial charge in [0.2, 0.25) is 5.88 Å². The summed E-state index contributed by atoms with van der Waals surface area (Å²) in [5, 5.41) is 30.7. The molecule has 2 saturated heterocycles. The SMILES string of the molecule is Cc1nnn(-c2ccc(-c3ccc(O[C@@H]4C[C@@]5(C)CCC[C@@H]([C@H]4F)N5C)nn3)c(O)c2)n1. The second-order valence-corrected chi connectivity index (χ2v) is 8.96. The molecule has 1 N–H and O–H groups in total. The molecule has 0 radical (unpaired) electrons. The highest BCUT2D eigenvalue weighted by Crippen LogP contribution is 2.43. The molecule has 4 heterocycles.